The van der Waals surface area contributed by atoms with Crippen molar-refractivity contribution in [3.63, 3.8) is 0 Å². The van der Waals surface area contributed by atoms with Crippen LogP contribution in [-0.4, -0.2) is 56.7 Å². The summed E-state index contributed by atoms with van der Waals surface area (Å²) in [5, 5.41) is 4.87. The van der Waals surface area contributed by atoms with Crippen LogP contribution in [0.2, 0.25) is 0 Å². The van der Waals surface area contributed by atoms with Gasteiger partial charge in [0.05, 0.1) is 11.7 Å². The number of hydrogen-bond donors (Lipinski definition) is 1. The van der Waals surface area contributed by atoms with Crippen molar-refractivity contribution in [2.75, 3.05) is 31.1 Å². The smallest absolute Gasteiger partial charge is 0.263 e. The fourth-order valence-corrected chi connectivity index (χ4v) is 4.48. The molecule has 0 aromatic carbocycles. The molecule has 2 aromatic rings. The number of piperazine rings is 1. The van der Waals surface area contributed by atoms with E-state index in [0.717, 1.165) is 0 Å². The van der Waals surface area contributed by atoms with Crippen molar-refractivity contribution in [2.24, 2.45) is 5.92 Å². The predicted octanol–water partition coefficient (Wildman–Crippen LogP) is 2.49. The molecule has 1 aliphatic carbocycles. The molecule has 1 saturated carbocycles. The Morgan fingerprint density at radius 1 is 1.14 bits per heavy atom. The second-order valence-electron chi connectivity index (χ2n) is 9.43. The summed E-state index contributed by atoms with van der Waals surface area (Å²) < 4.78 is 1.80. The number of nitrogens with one attached hydrogen (secondary N) is 1. The third-order valence-electron chi connectivity index (χ3n) is 6.18. The monoisotopic (exact) mass is 400 g/mol. The Kier molecular flexibility index (Phi) is 5.36. The van der Waals surface area contributed by atoms with Crippen LogP contribution in [0.1, 0.15) is 59.3 Å². The van der Waals surface area contributed by atoms with E-state index in [2.05, 4.69) is 15.0 Å². The third kappa shape index (κ3) is 4.16. The zero-order chi connectivity index (χ0) is 20.6. The van der Waals surface area contributed by atoms with Crippen molar-refractivity contribution in [2.45, 2.75) is 64.8 Å². The van der Waals surface area contributed by atoms with Gasteiger partial charge in [-0.3, -0.25) is 14.6 Å². The number of anilines is 1. The van der Waals surface area contributed by atoms with Gasteiger partial charge in [-0.25, -0.2) is 4.68 Å². The minimum atomic E-state index is -0.260. The van der Waals surface area contributed by atoms with Gasteiger partial charge in [0.15, 0.2) is 5.65 Å². The fraction of sp³-hybridized carbons (Fsp3) is 0.714. The summed E-state index contributed by atoms with van der Waals surface area (Å²) in [4.78, 5) is 36.9. The molecule has 1 N–H and O–H groups in total. The standard InChI is InChI=1S/C21H32N6O2/c1-21(2,3)27-18-16(14-22-27)19(29)24-20(23-18)26-11-9-25(10-12-26)17(28)13-15-7-5-4-6-8-15/h14-15H,4-13H2,1-3H3,(H,23,24,29). The minimum absolute atomic E-state index is 0.170. The Hall–Kier alpha value is -2.38. The summed E-state index contributed by atoms with van der Waals surface area (Å²) in [7, 11) is 0. The molecule has 158 valence electrons. The summed E-state index contributed by atoms with van der Waals surface area (Å²) in [6.45, 7) is 8.82. The number of carbonyl (C=O) groups excluding carboxylic acids is 1. The average molecular weight is 401 g/mol. The van der Waals surface area contributed by atoms with E-state index in [1.54, 1.807) is 10.9 Å². The first-order valence-corrected chi connectivity index (χ1v) is 10.8. The van der Waals surface area contributed by atoms with Crippen LogP contribution in [0.4, 0.5) is 5.95 Å². The average Bonchev–Trinajstić information content (AvgIpc) is 3.14. The maximum Gasteiger partial charge on any atom is 0.263 e. The first-order valence-electron chi connectivity index (χ1n) is 10.8. The Balaban J connectivity index is 1.45. The maximum absolute atomic E-state index is 12.7. The minimum Gasteiger partial charge on any atom is -0.339 e. The van der Waals surface area contributed by atoms with Crippen LogP contribution < -0.4 is 10.5 Å². The molecule has 1 aliphatic heterocycles. The van der Waals surface area contributed by atoms with Crippen molar-refractivity contribution in [1.29, 1.82) is 0 Å². The Morgan fingerprint density at radius 2 is 1.83 bits per heavy atom. The van der Waals surface area contributed by atoms with Gasteiger partial charge in [0.2, 0.25) is 11.9 Å². The molecule has 0 unspecified atom stereocenters. The number of amides is 1. The van der Waals surface area contributed by atoms with Gasteiger partial charge in [-0.2, -0.15) is 10.1 Å². The molecular formula is C21H32N6O2. The van der Waals surface area contributed by atoms with E-state index in [1.165, 1.54) is 32.1 Å². The van der Waals surface area contributed by atoms with Gasteiger partial charge >= 0.3 is 0 Å². The van der Waals surface area contributed by atoms with E-state index in [-0.39, 0.29) is 17.0 Å². The number of aromatic amines is 1. The molecule has 0 spiro atoms. The fourth-order valence-electron chi connectivity index (χ4n) is 4.48. The summed E-state index contributed by atoms with van der Waals surface area (Å²) in [6.07, 6.45) is 8.49. The molecule has 0 bridgehead atoms. The number of carbonyl (C=O) groups is 1. The van der Waals surface area contributed by atoms with Gasteiger partial charge in [0.25, 0.3) is 5.56 Å². The van der Waals surface area contributed by atoms with Crippen molar-refractivity contribution in [3.8, 4) is 0 Å². The summed E-state index contributed by atoms with van der Waals surface area (Å²) in [5.41, 5.74) is 0.174. The van der Waals surface area contributed by atoms with Crippen molar-refractivity contribution in [1.82, 2.24) is 24.6 Å². The van der Waals surface area contributed by atoms with Crippen LogP contribution in [0.5, 0.6) is 0 Å². The molecule has 0 radical (unpaired) electrons. The SMILES string of the molecule is CC(C)(C)n1ncc2c(=O)[nH]c(N3CCN(C(=O)CC4CCCCC4)CC3)nc21. The molecule has 4 rings (SSSR count). The van der Waals surface area contributed by atoms with Gasteiger partial charge < -0.3 is 9.80 Å². The highest BCUT2D eigenvalue weighted by atomic mass is 16.2. The lowest BCUT2D eigenvalue weighted by molar-refractivity contribution is -0.132. The number of fused-ring (bicyclic) bond motifs is 1. The Labute approximate surface area is 171 Å². The summed E-state index contributed by atoms with van der Waals surface area (Å²) >= 11 is 0. The zero-order valence-corrected chi connectivity index (χ0v) is 17.8. The van der Waals surface area contributed by atoms with Gasteiger partial charge in [-0.15, -0.1) is 0 Å². The van der Waals surface area contributed by atoms with Crippen LogP contribution in [0.25, 0.3) is 11.0 Å². The van der Waals surface area contributed by atoms with E-state index in [1.807, 2.05) is 25.7 Å². The maximum atomic E-state index is 12.7. The first kappa shape index (κ1) is 19.9. The summed E-state index contributed by atoms with van der Waals surface area (Å²) in [6, 6.07) is 0. The van der Waals surface area contributed by atoms with E-state index < -0.39 is 0 Å². The molecule has 2 aromatic heterocycles. The number of rotatable bonds is 3. The van der Waals surface area contributed by atoms with E-state index in [4.69, 9.17) is 4.98 Å². The Bertz CT molecular complexity index is 927. The Morgan fingerprint density at radius 3 is 2.48 bits per heavy atom. The lowest BCUT2D eigenvalue weighted by Crippen LogP contribution is -2.49. The molecule has 3 heterocycles. The van der Waals surface area contributed by atoms with Crippen LogP contribution in [0.3, 0.4) is 0 Å². The molecule has 8 heteroatoms. The van der Waals surface area contributed by atoms with Gasteiger partial charge in [-0.05, 0) is 39.5 Å². The van der Waals surface area contributed by atoms with Crippen LogP contribution >= 0.6 is 0 Å². The molecule has 0 atom stereocenters. The molecule has 29 heavy (non-hydrogen) atoms. The van der Waals surface area contributed by atoms with E-state index in [9.17, 15) is 9.59 Å². The van der Waals surface area contributed by atoms with Gasteiger partial charge in [0.1, 0.15) is 5.39 Å². The summed E-state index contributed by atoms with van der Waals surface area (Å²) in [5.74, 6) is 1.40. The first-order chi connectivity index (χ1) is 13.8. The van der Waals surface area contributed by atoms with Gasteiger partial charge in [-0.1, -0.05) is 19.3 Å². The van der Waals surface area contributed by atoms with Crippen LogP contribution in [-0.2, 0) is 10.3 Å². The van der Waals surface area contributed by atoms with Crippen LogP contribution in [0.15, 0.2) is 11.0 Å². The number of hydrogen-bond acceptors (Lipinski definition) is 5. The number of aromatic nitrogens is 4. The largest absolute Gasteiger partial charge is 0.339 e. The third-order valence-corrected chi connectivity index (χ3v) is 6.18. The highest BCUT2D eigenvalue weighted by molar-refractivity contribution is 5.77. The molecule has 1 amide bonds. The van der Waals surface area contributed by atoms with E-state index >= 15 is 0 Å². The highest BCUT2D eigenvalue weighted by Gasteiger charge is 2.26. The molecule has 8 nitrogen and oxygen atoms in total. The van der Waals surface area contributed by atoms with Crippen molar-refractivity contribution in [3.05, 3.63) is 16.6 Å². The van der Waals surface area contributed by atoms with Crippen LogP contribution in [0, 0.1) is 5.92 Å². The number of H-pyrrole nitrogens is 1. The molecule has 2 aliphatic rings. The molecule has 1 saturated heterocycles. The lowest BCUT2D eigenvalue weighted by atomic mass is 9.86. The predicted molar refractivity (Wildman–Crippen MR) is 113 cm³/mol. The normalized spacial score (nSPS) is 19.1. The lowest BCUT2D eigenvalue weighted by Gasteiger charge is -2.36. The molecular weight excluding hydrogens is 368 g/mol. The second kappa shape index (κ2) is 7.80. The quantitative estimate of drug-likeness (QED) is 0.855. The van der Waals surface area contributed by atoms with Crippen molar-refractivity contribution < 1.29 is 4.79 Å². The topological polar surface area (TPSA) is 87.1 Å². The number of nitrogens with zero attached hydrogens (tertiary/aromatic N) is 5. The van der Waals surface area contributed by atoms with Crippen molar-refractivity contribution >= 4 is 22.9 Å². The van der Waals surface area contributed by atoms with Gasteiger partial charge in [0, 0.05) is 32.6 Å². The second-order valence-corrected chi connectivity index (χ2v) is 9.43. The van der Waals surface area contributed by atoms with E-state index in [0.29, 0.717) is 55.5 Å². The highest BCUT2D eigenvalue weighted by Crippen LogP contribution is 2.27. The zero-order valence-electron chi connectivity index (χ0n) is 17.8. The molecule has 2 fully saturated rings.